The molecule has 1 aromatic heterocycles. The Bertz CT molecular complexity index is 627. The number of fused-ring (bicyclic) bond motifs is 1. The minimum atomic E-state index is -0.203. The fourth-order valence-electron chi connectivity index (χ4n) is 3.02. The van der Waals surface area contributed by atoms with Crippen molar-refractivity contribution < 1.29 is 9.18 Å². The number of hydrogen-bond donors (Lipinski definition) is 0. The average Bonchev–Trinajstić information content (AvgIpc) is 2.87. The average molecular weight is 271 g/mol. The lowest BCUT2D eigenvalue weighted by Gasteiger charge is -2.20. The SMILES string of the molecule is CC(Cc1ccc(F)cc1)n1ccc2c1CCCC2=O. The molecule has 0 bridgehead atoms. The first-order chi connectivity index (χ1) is 9.65. The van der Waals surface area contributed by atoms with Crippen molar-refractivity contribution in [3.63, 3.8) is 0 Å². The molecule has 3 heteroatoms. The molecule has 0 spiro atoms. The van der Waals surface area contributed by atoms with E-state index in [9.17, 15) is 9.18 Å². The summed E-state index contributed by atoms with van der Waals surface area (Å²) in [7, 11) is 0. The summed E-state index contributed by atoms with van der Waals surface area (Å²) >= 11 is 0. The number of nitrogens with zero attached hydrogens (tertiary/aromatic N) is 1. The lowest BCUT2D eigenvalue weighted by Crippen LogP contribution is -2.16. The molecule has 2 aromatic rings. The smallest absolute Gasteiger partial charge is 0.164 e. The summed E-state index contributed by atoms with van der Waals surface area (Å²) in [6.07, 6.45) is 5.45. The topological polar surface area (TPSA) is 22.0 Å². The van der Waals surface area contributed by atoms with E-state index >= 15 is 0 Å². The van der Waals surface area contributed by atoms with Gasteiger partial charge in [-0.3, -0.25) is 4.79 Å². The fraction of sp³-hybridized carbons (Fsp3) is 0.353. The number of hydrogen-bond acceptors (Lipinski definition) is 1. The van der Waals surface area contributed by atoms with Gasteiger partial charge in [0, 0.05) is 29.9 Å². The van der Waals surface area contributed by atoms with Gasteiger partial charge in [0.15, 0.2) is 5.78 Å². The molecule has 1 aliphatic carbocycles. The number of Topliss-reactive ketones (excluding diaryl/α,β-unsaturated/α-hetero) is 1. The van der Waals surface area contributed by atoms with E-state index in [1.165, 1.54) is 12.1 Å². The van der Waals surface area contributed by atoms with Gasteiger partial charge in [-0.25, -0.2) is 4.39 Å². The van der Waals surface area contributed by atoms with Gasteiger partial charge in [0.05, 0.1) is 0 Å². The summed E-state index contributed by atoms with van der Waals surface area (Å²) < 4.78 is 15.1. The van der Waals surface area contributed by atoms with E-state index in [1.807, 2.05) is 24.4 Å². The monoisotopic (exact) mass is 271 g/mol. The van der Waals surface area contributed by atoms with E-state index in [0.717, 1.165) is 36.1 Å². The molecule has 104 valence electrons. The third kappa shape index (κ3) is 2.40. The van der Waals surface area contributed by atoms with E-state index in [0.29, 0.717) is 6.42 Å². The molecule has 1 heterocycles. The Morgan fingerprint density at radius 2 is 1.95 bits per heavy atom. The highest BCUT2D eigenvalue weighted by atomic mass is 19.1. The van der Waals surface area contributed by atoms with Gasteiger partial charge in [-0.2, -0.15) is 0 Å². The van der Waals surface area contributed by atoms with E-state index in [2.05, 4.69) is 11.5 Å². The Balaban J connectivity index is 1.82. The number of aromatic nitrogens is 1. The summed E-state index contributed by atoms with van der Waals surface area (Å²) in [4.78, 5) is 11.9. The van der Waals surface area contributed by atoms with Gasteiger partial charge in [-0.1, -0.05) is 12.1 Å². The van der Waals surface area contributed by atoms with E-state index in [4.69, 9.17) is 0 Å². The quantitative estimate of drug-likeness (QED) is 0.828. The molecule has 1 aromatic carbocycles. The maximum atomic E-state index is 12.9. The number of rotatable bonds is 3. The highest BCUT2D eigenvalue weighted by molar-refractivity contribution is 5.98. The van der Waals surface area contributed by atoms with Crippen molar-refractivity contribution in [3.05, 3.63) is 59.2 Å². The van der Waals surface area contributed by atoms with Crippen molar-refractivity contribution in [2.75, 3.05) is 0 Å². The highest BCUT2D eigenvalue weighted by Gasteiger charge is 2.22. The number of carbonyl (C=O) groups excluding carboxylic acids is 1. The summed E-state index contributed by atoms with van der Waals surface area (Å²) in [5, 5.41) is 0. The molecular weight excluding hydrogens is 253 g/mol. The van der Waals surface area contributed by atoms with Crippen LogP contribution < -0.4 is 0 Å². The zero-order valence-electron chi connectivity index (χ0n) is 11.6. The predicted molar refractivity (Wildman–Crippen MR) is 76.5 cm³/mol. The van der Waals surface area contributed by atoms with Crippen LogP contribution >= 0.6 is 0 Å². The van der Waals surface area contributed by atoms with Crippen LogP contribution in [-0.2, 0) is 12.8 Å². The van der Waals surface area contributed by atoms with Crippen molar-refractivity contribution in [2.45, 2.75) is 38.6 Å². The van der Waals surface area contributed by atoms with Crippen LogP contribution in [0.4, 0.5) is 4.39 Å². The number of carbonyl (C=O) groups is 1. The third-order valence-electron chi connectivity index (χ3n) is 4.06. The molecule has 1 unspecified atom stereocenters. The second-order valence-electron chi connectivity index (χ2n) is 5.54. The molecule has 0 saturated heterocycles. The molecule has 0 saturated carbocycles. The zero-order valence-corrected chi connectivity index (χ0v) is 11.6. The lowest BCUT2D eigenvalue weighted by atomic mass is 9.96. The first-order valence-corrected chi connectivity index (χ1v) is 7.12. The van der Waals surface area contributed by atoms with Gasteiger partial charge in [-0.15, -0.1) is 0 Å². The molecule has 3 rings (SSSR count). The minimum absolute atomic E-state index is 0.203. The standard InChI is InChI=1S/C17H18FNO/c1-12(11-13-5-7-14(18)8-6-13)19-10-9-15-16(19)3-2-4-17(15)20/h5-10,12H,2-4,11H2,1H3. The number of halogens is 1. The van der Waals surface area contributed by atoms with Gasteiger partial charge in [0.1, 0.15) is 5.82 Å². The minimum Gasteiger partial charge on any atom is -0.348 e. The van der Waals surface area contributed by atoms with Gasteiger partial charge < -0.3 is 4.57 Å². The molecule has 1 atom stereocenters. The van der Waals surface area contributed by atoms with E-state index < -0.39 is 0 Å². The molecule has 0 radical (unpaired) electrons. The van der Waals surface area contributed by atoms with Crippen molar-refractivity contribution in [1.82, 2.24) is 4.57 Å². The van der Waals surface area contributed by atoms with Crippen LogP contribution in [0.2, 0.25) is 0 Å². The summed E-state index contributed by atoms with van der Waals surface area (Å²) in [6, 6.07) is 8.86. The largest absolute Gasteiger partial charge is 0.348 e. The van der Waals surface area contributed by atoms with Gasteiger partial charge >= 0.3 is 0 Å². The Morgan fingerprint density at radius 3 is 2.70 bits per heavy atom. The Morgan fingerprint density at radius 1 is 1.20 bits per heavy atom. The van der Waals surface area contributed by atoms with Crippen LogP contribution in [0.5, 0.6) is 0 Å². The molecule has 0 fully saturated rings. The van der Waals surface area contributed by atoms with Gasteiger partial charge in [-0.05, 0) is 49.9 Å². The van der Waals surface area contributed by atoms with Crippen LogP contribution in [0.1, 0.15) is 47.4 Å². The maximum absolute atomic E-state index is 12.9. The Kier molecular flexibility index (Phi) is 3.43. The second-order valence-corrected chi connectivity index (χ2v) is 5.54. The van der Waals surface area contributed by atoms with E-state index in [-0.39, 0.29) is 17.6 Å². The zero-order chi connectivity index (χ0) is 14.1. The molecule has 0 aliphatic heterocycles. The summed E-state index contributed by atoms with van der Waals surface area (Å²) in [5.74, 6) is 0.0596. The van der Waals surface area contributed by atoms with Crippen LogP contribution in [0, 0.1) is 5.82 Å². The highest BCUT2D eigenvalue weighted by Crippen LogP contribution is 2.26. The molecule has 2 nitrogen and oxygen atoms in total. The predicted octanol–water partition coefficient (Wildman–Crippen LogP) is 3.95. The van der Waals surface area contributed by atoms with Crippen molar-refractivity contribution >= 4 is 5.78 Å². The Labute approximate surface area is 118 Å². The van der Waals surface area contributed by atoms with Crippen LogP contribution in [0.15, 0.2) is 36.5 Å². The van der Waals surface area contributed by atoms with Crippen molar-refractivity contribution in [2.24, 2.45) is 0 Å². The molecular formula is C17H18FNO. The summed E-state index contributed by atoms with van der Waals surface area (Å²) in [6.45, 7) is 2.14. The Hall–Kier alpha value is -1.90. The molecule has 0 amide bonds. The van der Waals surface area contributed by atoms with Crippen molar-refractivity contribution in [1.29, 1.82) is 0 Å². The number of ketones is 1. The normalized spacial score (nSPS) is 16.0. The molecule has 1 aliphatic rings. The second kappa shape index (κ2) is 5.23. The third-order valence-corrected chi connectivity index (χ3v) is 4.06. The van der Waals surface area contributed by atoms with Gasteiger partial charge in [0.2, 0.25) is 0 Å². The first kappa shape index (κ1) is 13.1. The van der Waals surface area contributed by atoms with Crippen LogP contribution in [0.3, 0.4) is 0 Å². The van der Waals surface area contributed by atoms with Crippen molar-refractivity contribution in [3.8, 4) is 0 Å². The van der Waals surface area contributed by atoms with Crippen LogP contribution in [-0.4, -0.2) is 10.4 Å². The van der Waals surface area contributed by atoms with Crippen LogP contribution in [0.25, 0.3) is 0 Å². The van der Waals surface area contributed by atoms with Gasteiger partial charge in [0.25, 0.3) is 0 Å². The number of benzene rings is 1. The fourth-order valence-corrected chi connectivity index (χ4v) is 3.02. The summed E-state index contributed by atoms with van der Waals surface area (Å²) in [5.41, 5.74) is 3.17. The molecule has 0 N–H and O–H groups in total. The molecule has 20 heavy (non-hydrogen) atoms. The lowest BCUT2D eigenvalue weighted by molar-refractivity contribution is 0.0971. The van der Waals surface area contributed by atoms with E-state index in [1.54, 1.807) is 0 Å². The first-order valence-electron chi connectivity index (χ1n) is 7.12. The maximum Gasteiger partial charge on any atom is 0.164 e.